The molecule has 18 heavy (non-hydrogen) atoms. The molecular formula is C14H15ClO3. The first-order chi connectivity index (χ1) is 8.58. The number of halogens is 1. The highest BCUT2D eigenvalue weighted by Crippen LogP contribution is 2.19. The molecule has 0 aliphatic carbocycles. The molecular weight excluding hydrogens is 252 g/mol. The van der Waals surface area contributed by atoms with E-state index in [0.717, 1.165) is 0 Å². The lowest BCUT2D eigenvalue weighted by atomic mass is 10.00. The molecule has 0 N–H and O–H groups in total. The van der Waals surface area contributed by atoms with E-state index in [2.05, 4.69) is 0 Å². The zero-order chi connectivity index (χ0) is 13.5. The van der Waals surface area contributed by atoms with E-state index in [1.165, 1.54) is 6.08 Å². The smallest absolute Gasteiger partial charge is 0.331 e. The number of rotatable bonds is 5. The third kappa shape index (κ3) is 4.00. The number of esters is 1. The predicted octanol–water partition coefficient (Wildman–Crippen LogP) is 3.27. The second kappa shape index (κ2) is 6.97. The first kappa shape index (κ1) is 14.5. The Bertz CT molecular complexity index is 460. The van der Waals surface area contributed by atoms with Crippen molar-refractivity contribution < 1.29 is 14.3 Å². The molecule has 0 aromatic heterocycles. The standard InChI is InChI=1S/C14H15ClO3/c1-3-13(16)12(9-14(17)18-4-2)10-5-7-11(15)8-6-10/h5-9H,3-4H2,1-2H3/b12-9+. The molecule has 1 aromatic rings. The second-order valence-electron chi connectivity index (χ2n) is 3.59. The summed E-state index contributed by atoms with van der Waals surface area (Å²) in [7, 11) is 0. The first-order valence-corrected chi connectivity index (χ1v) is 6.13. The minimum absolute atomic E-state index is 0.106. The average molecular weight is 267 g/mol. The van der Waals surface area contributed by atoms with Crippen molar-refractivity contribution in [2.45, 2.75) is 20.3 Å². The Hall–Kier alpha value is -1.61. The lowest BCUT2D eigenvalue weighted by molar-refractivity contribution is -0.137. The molecule has 0 radical (unpaired) electrons. The maximum absolute atomic E-state index is 11.8. The summed E-state index contributed by atoms with van der Waals surface area (Å²) in [5, 5.41) is 0.582. The van der Waals surface area contributed by atoms with Crippen LogP contribution in [-0.4, -0.2) is 18.4 Å². The van der Waals surface area contributed by atoms with Gasteiger partial charge in [0.05, 0.1) is 6.61 Å². The van der Waals surface area contributed by atoms with Crippen LogP contribution in [0, 0.1) is 0 Å². The molecule has 0 spiro atoms. The van der Waals surface area contributed by atoms with Gasteiger partial charge in [0.15, 0.2) is 5.78 Å². The van der Waals surface area contributed by atoms with Crippen LogP contribution in [0.5, 0.6) is 0 Å². The summed E-state index contributed by atoms with van der Waals surface area (Å²) in [5.41, 5.74) is 1.02. The molecule has 96 valence electrons. The highest BCUT2D eigenvalue weighted by molar-refractivity contribution is 6.30. The number of Topliss-reactive ketones (excluding diaryl/α,β-unsaturated/α-hetero) is 1. The highest BCUT2D eigenvalue weighted by Gasteiger charge is 2.12. The van der Waals surface area contributed by atoms with E-state index < -0.39 is 5.97 Å². The van der Waals surface area contributed by atoms with Crippen LogP contribution >= 0.6 is 11.6 Å². The van der Waals surface area contributed by atoms with Gasteiger partial charge in [-0.05, 0) is 24.6 Å². The maximum atomic E-state index is 11.8. The summed E-state index contributed by atoms with van der Waals surface area (Å²) in [6.07, 6.45) is 1.56. The molecule has 0 amide bonds. The molecule has 0 aliphatic heterocycles. The fourth-order valence-electron chi connectivity index (χ4n) is 1.45. The van der Waals surface area contributed by atoms with Crippen molar-refractivity contribution in [1.29, 1.82) is 0 Å². The number of allylic oxidation sites excluding steroid dienone is 1. The van der Waals surface area contributed by atoms with E-state index in [1.807, 2.05) is 0 Å². The molecule has 0 bridgehead atoms. The van der Waals surface area contributed by atoms with Gasteiger partial charge in [-0.3, -0.25) is 4.79 Å². The molecule has 3 nitrogen and oxygen atoms in total. The molecule has 4 heteroatoms. The summed E-state index contributed by atoms with van der Waals surface area (Å²) >= 11 is 5.79. The number of benzene rings is 1. The van der Waals surface area contributed by atoms with E-state index in [9.17, 15) is 9.59 Å². The van der Waals surface area contributed by atoms with Gasteiger partial charge >= 0.3 is 5.97 Å². The summed E-state index contributed by atoms with van der Waals surface area (Å²) < 4.78 is 4.82. The summed E-state index contributed by atoms with van der Waals surface area (Å²) in [5.74, 6) is -0.616. The Kier molecular flexibility index (Phi) is 5.59. The molecule has 1 rings (SSSR count). The lowest BCUT2D eigenvalue weighted by Crippen LogP contribution is -2.06. The van der Waals surface area contributed by atoms with Crippen molar-refractivity contribution in [3.8, 4) is 0 Å². The van der Waals surface area contributed by atoms with Gasteiger partial charge in [0.1, 0.15) is 0 Å². The van der Waals surface area contributed by atoms with E-state index in [4.69, 9.17) is 16.3 Å². The van der Waals surface area contributed by atoms with Crippen LogP contribution in [0.3, 0.4) is 0 Å². The number of hydrogen-bond acceptors (Lipinski definition) is 3. The van der Waals surface area contributed by atoms with Gasteiger partial charge in [-0.2, -0.15) is 0 Å². The molecule has 0 atom stereocenters. The van der Waals surface area contributed by atoms with E-state index in [1.54, 1.807) is 38.1 Å². The van der Waals surface area contributed by atoms with E-state index in [-0.39, 0.29) is 12.4 Å². The fourth-order valence-corrected chi connectivity index (χ4v) is 1.57. The van der Waals surface area contributed by atoms with Crippen molar-refractivity contribution in [3.63, 3.8) is 0 Å². The van der Waals surface area contributed by atoms with Gasteiger partial charge < -0.3 is 4.74 Å². The van der Waals surface area contributed by atoms with Gasteiger partial charge in [0.2, 0.25) is 0 Å². The Balaban J connectivity index is 3.09. The second-order valence-corrected chi connectivity index (χ2v) is 4.03. The molecule has 1 aromatic carbocycles. The van der Waals surface area contributed by atoms with Gasteiger partial charge in [0, 0.05) is 23.1 Å². The quantitative estimate of drug-likeness (QED) is 0.607. The molecule has 0 unspecified atom stereocenters. The lowest BCUT2D eigenvalue weighted by Gasteiger charge is -2.06. The highest BCUT2D eigenvalue weighted by atomic mass is 35.5. The third-order valence-corrected chi connectivity index (χ3v) is 2.58. The van der Waals surface area contributed by atoms with Crippen LogP contribution in [0.1, 0.15) is 25.8 Å². The molecule has 0 heterocycles. The van der Waals surface area contributed by atoms with Crippen molar-refractivity contribution in [3.05, 3.63) is 40.9 Å². The Morgan fingerprint density at radius 1 is 1.22 bits per heavy atom. The van der Waals surface area contributed by atoms with Crippen molar-refractivity contribution in [2.75, 3.05) is 6.61 Å². The minimum Gasteiger partial charge on any atom is -0.463 e. The minimum atomic E-state index is -0.510. The number of ether oxygens (including phenoxy) is 1. The van der Waals surface area contributed by atoms with Crippen molar-refractivity contribution in [1.82, 2.24) is 0 Å². The molecule has 0 saturated heterocycles. The van der Waals surface area contributed by atoms with Crippen LogP contribution < -0.4 is 0 Å². The Labute approximate surface area is 111 Å². The molecule has 0 saturated carbocycles. The zero-order valence-electron chi connectivity index (χ0n) is 10.4. The Morgan fingerprint density at radius 3 is 2.33 bits per heavy atom. The van der Waals surface area contributed by atoms with Crippen LogP contribution in [0.4, 0.5) is 0 Å². The van der Waals surface area contributed by atoms with E-state index >= 15 is 0 Å². The van der Waals surface area contributed by atoms with Crippen LogP contribution in [0.15, 0.2) is 30.3 Å². The van der Waals surface area contributed by atoms with Crippen LogP contribution in [0.2, 0.25) is 5.02 Å². The van der Waals surface area contributed by atoms with Crippen molar-refractivity contribution in [2.24, 2.45) is 0 Å². The van der Waals surface area contributed by atoms with Gasteiger partial charge in [-0.1, -0.05) is 30.7 Å². The summed E-state index contributed by atoms with van der Waals surface area (Å²) in [6, 6.07) is 6.78. The summed E-state index contributed by atoms with van der Waals surface area (Å²) in [4.78, 5) is 23.3. The van der Waals surface area contributed by atoms with Crippen molar-refractivity contribution >= 4 is 28.9 Å². The zero-order valence-corrected chi connectivity index (χ0v) is 11.2. The summed E-state index contributed by atoms with van der Waals surface area (Å²) in [6.45, 7) is 3.75. The van der Waals surface area contributed by atoms with Gasteiger partial charge in [-0.25, -0.2) is 4.79 Å². The SMILES string of the molecule is CCOC(=O)/C=C(/C(=O)CC)c1ccc(Cl)cc1. The fraction of sp³-hybridized carbons (Fsp3) is 0.286. The number of hydrogen-bond donors (Lipinski definition) is 0. The van der Waals surface area contributed by atoms with E-state index in [0.29, 0.717) is 22.6 Å². The molecule has 0 aliphatic rings. The van der Waals surface area contributed by atoms with Gasteiger partial charge in [0.25, 0.3) is 0 Å². The maximum Gasteiger partial charge on any atom is 0.331 e. The van der Waals surface area contributed by atoms with Crippen LogP contribution in [0.25, 0.3) is 5.57 Å². The first-order valence-electron chi connectivity index (χ1n) is 5.76. The third-order valence-electron chi connectivity index (χ3n) is 2.33. The number of ketones is 1. The topological polar surface area (TPSA) is 43.4 Å². The Morgan fingerprint density at radius 2 is 1.83 bits per heavy atom. The van der Waals surface area contributed by atoms with Crippen LogP contribution in [-0.2, 0) is 14.3 Å². The normalized spacial score (nSPS) is 11.2. The molecule has 0 fully saturated rings. The largest absolute Gasteiger partial charge is 0.463 e. The van der Waals surface area contributed by atoms with Gasteiger partial charge in [-0.15, -0.1) is 0 Å². The number of carbonyl (C=O) groups is 2. The monoisotopic (exact) mass is 266 g/mol. The average Bonchev–Trinajstić information content (AvgIpc) is 2.36. The predicted molar refractivity (Wildman–Crippen MR) is 71.4 cm³/mol. The number of carbonyl (C=O) groups excluding carboxylic acids is 2.